The summed E-state index contributed by atoms with van der Waals surface area (Å²) < 4.78 is 27.8. The number of thiophene rings is 1. The van der Waals surface area contributed by atoms with Gasteiger partial charge in [0, 0.05) is 18.0 Å². The fourth-order valence-electron chi connectivity index (χ4n) is 2.54. The first-order chi connectivity index (χ1) is 8.95. The van der Waals surface area contributed by atoms with E-state index in [9.17, 15) is 8.42 Å². The Kier molecular flexibility index (Phi) is 6.95. The van der Waals surface area contributed by atoms with Gasteiger partial charge in [0.25, 0.3) is 0 Å². The zero-order valence-corrected chi connectivity index (χ0v) is 15.4. The van der Waals surface area contributed by atoms with E-state index >= 15 is 0 Å². The van der Waals surface area contributed by atoms with Gasteiger partial charge in [-0.05, 0) is 60.6 Å². The third-order valence-corrected chi connectivity index (χ3v) is 7.19. The molecule has 0 bridgehead atoms. The Morgan fingerprint density at radius 3 is 2.80 bits per heavy atom. The van der Waals surface area contributed by atoms with E-state index in [0.717, 1.165) is 27.9 Å². The van der Waals surface area contributed by atoms with Gasteiger partial charge in [0.1, 0.15) is 0 Å². The van der Waals surface area contributed by atoms with Crippen LogP contribution < -0.4 is 5.73 Å². The third kappa shape index (κ3) is 3.96. The number of sulfonamides is 1. The van der Waals surface area contributed by atoms with Gasteiger partial charge in [0.15, 0.2) is 0 Å². The van der Waals surface area contributed by atoms with Crippen molar-refractivity contribution < 1.29 is 8.42 Å². The molecule has 0 saturated carbocycles. The van der Waals surface area contributed by atoms with Gasteiger partial charge < -0.3 is 5.73 Å². The van der Waals surface area contributed by atoms with Gasteiger partial charge in [0.05, 0.1) is 8.68 Å². The van der Waals surface area contributed by atoms with Crippen LogP contribution in [0.5, 0.6) is 0 Å². The van der Waals surface area contributed by atoms with Gasteiger partial charge in [-0.1, -0.05) is 0 Å². The van der Waals surface area contributed by atoms with Gasteiger partial charge in [-0.25, -0.2) is 8.42 Å². The van der Waals surface area contributed by atoms with E-state index in [1.165, 1.54) is 11.3 Å². The van der Waals surface area contributed by atoms with Crippen LogP contribution in [0.1, 0.15) is 24.1 Å². The number of aryl methyl sites for hydroxylation is 1. The van der Waals surface area contributed by atoms with Crippen LogP contribution in [0.4, 0.5) is 0 Å². The van der Waals surface area contributed by atoms with Crippen LogP contribution in [0.15, 0.2) is 14.7 Å². The molecule has 0 radical (unpaired) electrons. The Morgan fingerprint density at radius 1 is 1.55 bits per heavy atom. The van der Waals surface area contributed by atoms with Gasteiger partial charge in [-0.2, -0.15) is 4.31 Å². The van der Waals surface area contributed by atoms with Gasteiger partial charge in [0.2, 0.25) is 10.0 Å². The maximum atomic E-state index is 12.7. The third-order valence-electron chi connectivity index (χ3n) is 3.52. The lowest BCUT2D eigenvalue weighted by atomic mass is 9.96. The largest absolute Gasteiger partial charge is 0.330 e. The smallest absolute Gasteiger partial charge is 0.244 e. The fourth-order valence-corrected chi connectivity index (χ4v) is 6.48. The molecule has 2 rings (SSSR count). The molecule has 8 heteroatoms. The van der Waals surface area contributed by atoms with Crippen LogP contribution in [0.3, 0.4) is 0 Å². The van der Waals surface area contributed by atoms with E-state index in [0.29, 0.717) is 30.4 Å². The van der Waals surface area contributed by atoms with E-state index in [1.54, 1.807) is 10.4 Å². The summed E-state index contributed by atoms with van der Waals surface area (Å²) in [6.45, 7) is 3.70. The number of nitrogens with zero attached hydrogens (tertiary/aromatic N) is 1. The minimum Gasteiger partial charge on any atom is -0.330 e. The highest BCUT2D eigenvalue weighted by atomic mass is 79.9. The molecule has 1 aromatic rings. The van der Waals surface area contributed by atoms with Crippen molar-refractivity contribution in [2.24, 2.45) is 11.7 Å². The summed E-state index contributed by atoms with van der Waals surface area (Å²) >= 11 is 4.82. The highest BCUT2D eigenvalue weighted by Gasteiger charge is 2.31. The fraction of sp³-hybridized carbons (Fsp3) is 0.667. The van der Waals surface area contributed by atoms with Crippen molar-refractivity contribution in [2.45, 2.75) is 31.1 Å². The Balaban J connectivity index is 0.00000200. The number of rotatable bonds is 4. The summed E-state index contributed by atoms with van der Waals surface area (Å²) in [6.07, 6.45) is 2.90. The molecule has 1 aliphatic heterocycles. The molecule has 2 N–H and O–H groups in total. The molecule has 2 heterocycles. The molecule has 116 valence electrons. The molecule has 0 spiro atoms. The molecule has 1 unspecified atom stereocenters. The van der Waals surface area contributed by atoms with Gasteiger partial charge in [-0.3, -0.25) is 0 Å². The maximum Gasteiger partial charge on any atom is 0.244 e. The van der Waals surface area contributed by atoms with Crippen LogP contribution in [-0.2, 0) is 10.0 Å². The molecule has 4 nitrogen and oxygen atoms in total. The minimum absolute atomic E-state index is 0. The highest BCUT2D eigenvalue weighted by Crippen LogP contribution is 2.33. The standard InChI is InChI=1S/C12H19BrN2O2S2.ClH/c1-9-11(7-12(13)18-9)19(16,17)15-6-2-3-10(8-15)4-5-14;/h7,10H,2-6,8,14H2,1H3;1H. The van der Waals surface area contributed by atoms with Crippen molar-refractivity contribution in [1.29, 1.82) is 0 Å². The van der Waals surface area contributed by atoms with E-state index in [-0.39, 0.29) is 12.4 Å². The molecule has 0 amide bonds. The molecule has 0 aromatic carbocycles. The Bertz CT molecular complexity index is 546. The number of piperidine rings is 1. The molecule has 1 aromatic heterocycles. The molecule has 1 saturated heterocycles. The van der Waals surface area contributed by atoms with Crippen molar-refractivity contribution in [2.75, 3.05) is 19.6 Å². The van der Waals surface area contributed by atoms with Crippen molar-refractivity contribution in [3.8, 4) is 0 Å². The van der Waals surface area contributed by atoms with Crippen molar-refractivity contribution in [1.82, 2.24) is 4.31 Å². The quantitative estimate of drug-likeness (QED) is 0.840. The van der Waals surface area contributed by atoms with E-state index in [2.05, 4.69) is 15.9 Å². The summed E-state index contributed by atoms with van der Waals surface area (Å²) in [5.41, 5.74) is 5.58. The molecular formula is C12H20BrClN2O2S2. The molecular weight excluding hydrogens is 384 g/mol. The van der Waals surface area contributed by atoms with Crippen LogP contribution in [0.25, 0.3) is 0 Å². The molecule has 1 atom stereocenters. The average Bonchev–Trinajstić information content (AvgIpc) is 2.70. The van der Waals surface area contributed by atoms with Crippen molar-refractivity contribution in [3.05, 3.63) is 14.7 Å². The maximum absolute atomic E-state index is 12.7. The van der Waals surface area contributed by atoms with Gasteiger partial charge in [-0.15, -0.1) is 23.7 Å². The topological polar surface area (TPSA) is 63.4 Å². The van der Waals surface area contributed by atoms with Crippen LogP contribution in [0.2, 0.25) is 0 Å². The predicted molar refractivity (Wildman–Crippen MR) is 89.2 cm³/mol. The minimum atomic E-state index is -3.35. The number of hydrogen-bond acceptors (Lipinski definition) is 4. The summed E-state index contributed by atoms with van der Waals surface area (Å²) in [6, 6.07) is 1.71. The van der Waals surface area contributed by atoms with Crippen molar-refractivity contribution in [3.63, 3.8) is 0 Å². The molecule has 1 aliphatic rings. The second-order valence-corrected chi connectivity index (χ2v) is 9.46. The van der Waals surface area contributed by atoms with Crippen molar-refractivity contribution >= 4 is 49.7 Å². The monoisotopic (exact) mass is 402 g/mol. The van der Waals surface area contributed by atoms with Crippen LogP contribution in [-0.4, -0.2) is 32.4 Å². The molecule has 20 heavy (non-hydrogen) atoms. The lowest BCUT2D eigenvalue weighted by Crippen LogP contribution is -2.40. The molecule has 1 fully saturated rings. The average molecular weight is 404 g/mol. The summed E-state index contributed by atoms with van der Waals surface area (Å²) in [5, 5.41) is 0. The normalized spacial score (nSPS) is 20.6. The predicted octanol–water partition coefficient (Wildman–Crippen LogP) is 2.99. The summed E-state index contributed by atoms with van der Waals surface area (Å²) in [4.78, 5) is 1.28. The molecule has 0 aliphatic carbocycles. The lowest BCUT2D eigenvalue weighted by molar-refractivity contribution is 0.258. The lowest BCUT2D eigenvalue weighted by Gasteiger charge is -2.31. The number of nitrogens with two attached hydrogens (primary N) is 1. The summed E-state index contributed by atoms with van der Waals surface area (Å²) in [7, 11) is -3.35. The first-order valence-corrected chi connectivity index (χ1v) is 9.46. The number of halogens is 2. The first-order valence-electron chi connectivity index (χ1n) is 6.41. The Labute approximate surface area is 139 Å². The zero-order chi connectivity index (χ0) is 14.0. The zero-order valence-electron chi connectivity index (χ0n) is 11.3. The first kappa shape index (κ1) is 18.4. The Hall–Kier alpha value is 0.340. The SMILES string of the molecule is Cc1sc(Br)cc1S(=O)(=O)N1CCCC(CCN)C1.Cl. The highest BCUT2D eigenvalue weighted by molar-refractivity contribution is 9.11. The van der Waals surface area contributed by atoms with E-state index in [1.807, 2.05) is 6.92 Å². The second-order valence-electron chi connectivity index (χ2n) is 4.92. The van der Waals surface area contributed by atoms with E-state index in [4.69, 9.17) is 5.73 Å². The van der Waals surface area contributed by atoms with Crippen LogP contribution in [0, 0.1) is 12.8 Å². The number of hydrogen-bond donors (Lipinski definition) is 1. The van der Waals surface area contributed by atoms with Gasteiger partial charge >= 0.3 is 0 Å². The summed E-state index contributed by atoms with van der Waals surface area (Å²) in [5.74, 6) is 0.399. The van der Waals surface area contributed by atoms with Crippen LogP contribution >= 0.6 is 39.7 Å². The second kappa shape index (κ2) is 7.56. The van der Waals surface area contributed by atoms with E-state index < -0.39 is 10.0 Å². The Morgan fingerprint density at radius 2 is 2.25 bits per heavy atom.